The van der Waals surface area contributed by atoms with Gasteiger partial charge in [0.15, 0.2) is 0 Å². The number of rotatable bonds is 10. The van der Waals surface area contributed by atoms with Crippen LogP contribution in [0.5, 0.6) is 0 Å². The Labute approximate surface area is 205 Å². The lowest BCUT2D eigenvalue weighted by Gasteiger charge is -2.31. The van der Waals surface area contributed by atoms with Crippen molar-refractivity contribution < 1.29 is 4.74 Å². The Morgan fingerprint density at radius 1 is 0.781 bits per heavy atom. The molecule has 3 saturated carbocycles. The quantitative estimate of drug-likeness (QED) is 0.173. The average Bonchev–Trinajstić information content (AvgIpc) is 3.76. The summed E-state index contributed by atoms with van der Waals surface area (Å²) in [5, 5.41) is 0. The molecule has 32 heavy (non-hydrogen) atoms. The van der Waals surface area contributed by atoms with Crippen LogP contribution >= 0.6 is 0 Å². The van der Waals surface area contributed by atoms with Crippen LogP contribution in [0.25, 0.3) is 0 Å². The fourth-order valence-electron chi connectivity index (χ4n) is 6.52. The van der Waals surface area contributed by atoms with Crippen molar-refractivity contribution in [3.8, 4) is 0 Å². The molecule has 0 bridgehead atoms. The molecule has 1 saturated heterocycles. The van der Waals surface area contributed by atoms with Gasteiger partial charge >= 0.3 is 0 Å². The molecule has 1 nitrogen and oxygen atoms in total. The monoisotopic (exact) mass is 478 g/mol. The predicted molar refractivity (Wildman–Crippen MR) is 150 cm³/mol. The molecule has 1 heterocycles. The largest absolute Gasteiger partial charge is 0.370 e. The standard InChI is InChI=1S/C15H30Si.C8H12O.C6H16Si/c1-4-16(5-2,6-3)10-9-13-7-8-14-12-15(14)11-13;1-2-6-3-4-7-8(5-6)9-7;1-4-7(5-2)6-3/h13-15H,4-12H2,1-3H3;2,6-8H,1,3-5H2;7H,4-6H2,1-3H3. The molecule has 0 radical (unpaired) electrons. The summed E-state index contributed by atoms with van der Waals surface area (Å²) in [6.07, 6.45) is 15.0. The fourth-order valence-corrected chi connectivity index (χ4v) is 11.8. The highest BCUT2D eigenvalue weighted by Gasteiger charge is 2.43. The van der Waals surface area contributed by atoms with E-state index in [2.05, 4.69) is 54.2 Å². The third kappa shape index (κ3) is 9.06. The Morgan fingerprint density at radius 3 is 1.91 bits per heavy atom. The molecule has 0 aromatic rings. The van der Waals surface area contributed by atoms with Gasteiger partial charge in [-0.15, -0.1) is 6.58 Å². The van der Waals surface area contributed by atoms with Crippen LogP contribution in [-0.4, -0.2) is 29.1 Å². The Morgan fingerprint density at radius 2 is 1.44 bits per heavy atom. The maximum absolute atomic E-state index is 5.36. The van der Waals surface area contributed by atoms with Crippen molar-refractivity contribution in [2.45, 2.75) is 147 Å². The zero-order valence-corrected chi connectivity index (χ0v) is 25.0. The minimum Gasteiger partial charge on any atom is -0.370 e. The molecule has 0 N–H and O–H groups in total. The topological polar surface area (TPSA) is 12.5 Å². The van der Waals surface area contributed by atoms with Crippen LogP contribution < -0.4 is 0 Å². The molecule has 0 aromatic carbocycles. The van der Waals surface area contributed by atoms with Crippen molar-refractivity contribution in [2.75, 3.05) is 0 Å². The van der Waals surface area contributed by atoms with Crippen molar-refractivity contribution in [1.29, 1.82) is 0 Å². The summed E-state index contributed by atoms with van der Waals surface area (Å²) in [5.41, 5.74) is 0. The predicted octanol–water partition coefficient (Wildman–Crippen LogP) is 9.33. The molecule has 4 rings (SSSR count). The zero-order valence-electron chi connectivity index (χ0n) is 22.8. The summed E-state index contributed by atoms with van der Waals surface area (Å²) < 4.78 is 5.36. The molecule has 4 fully saturated rings. The number of epoxide rings is 1. The van der Waals surface area contributed by atoms with Crippen LogP contribution in [-0.2, 0) is 4.74 Å². The van der Waals surface area contributed by atoms with E-state index in [1.807, 2.05) is 0 Å². The highest BCUT2D eigenvalue weighted by atomic mass is 28.3. The molecule has 3 aliphatic carbocycles. The van der Waals surface area contributed by atoms with Gasteiger partial charge in [-0.25, -0.2) is 0 Å². The third-order valence-electron chi connectivity index (χ3n) is 10.1. The lowest BCUT2D eigenvalue weighted by atomic mass is 9.87. The van der Waals surface area contributed by atoms with Gasteiger partial charge in [0.25, 0.3) is 0 Å². The van der Waals surface area contributed by atoms with Gasteiger partial charge < -0.3 is 4.74 Å². The highest BCUT2D eigenvalue weighted by Crippen LogP contribution is 2.52. The van der Waals surface area contributed by atoms with E-state index in [-0.39, 0.29) is 8.80 Å². The van der Waals surface area contributed by atoms with Gasteiger partial charge in [-0.3, -0.25) is 0 Å². The van der Waals surface area contributed by atoms with Gasteiger partial charge in [0.1, 0.15) is 0 Å². The first-order valence-corrected chi connectivity index (χ1v) is 20.0. The molecule has 0 spiro atoms. The summed E-state index contributed by atoms with van der Waals surface area (Å²) in [5.74, 6) is 4.23. The van der Waals surface area contributed by atoms with E-state index in [0.717, 1.165) is 11.8 Å². The Kier molecular flexibility index (Phi) is 12.9. The van der Waals surface area contributed by atoms with E-state index in [4.69, 9.17) is 4.74 Å². The third-order valence-corrected chi connectivity index (χ3v) is 19.4. The molecule has 1 aliphatic heterocycles. The first-order chi connectivity index (χ1) is 15.5. The molecule has 6 atom stereocenters. The van der Waals surface area contributed by atoms with E-state index in [1.165, 1.54) is 67.4 Å². The Balaban J connectivity index is 0.000000191. The summed E-state index contributed by atoms with van der Waals surface area (Å²) in [7, 11) is -0.981. The molecule has 188 valence electrons. The zero-order chi connectivity index (χ0) is 23.6. The van der Waals surface area contributed by atoms with Crippen LogP contribution in [0.15, 0.2) is 12.7 Å². The Hall–Kier alpha value is 0.134. The second-order valence-corrected chi connectivity index (χ2v) is 21.4. The summed E-state index contributed by atoms with van der Waals surface area (Å²) in [6, 6.07) is 10.7. The van der Waals surface area contributed by atoms with Crippen LogP contribution in [0.1, 0.15) is 92.9 Å². The van der Waals surface area contributed by atoms with Crippen molar-refractivity contribution in [3.05, 3.63) is 12.7 Å². The van der Waals surface area contributed by atoms with Crippen LogP contribution in [0, 0.1) is 23.7 Å². The number of hydrogen-bond donors (Lipinski definition) is 0. The van der Waals surface area contributed by atoms with Gasteiger partial charge in [-0.1, -0.05) is 103 Å². The molecule has 3 heteroatoms. The van der Waals surface area contributed by atoms with Gasteiger partial charge in [0.05, 0.1) is 20.3 Å². The molecule has 0 amide bonds. The van der Waals surface area contributed by atoms with Gasteiger partial charge in [0, 0.05) is 8.80 Å². The van der Waals surface area contributed by atoms with Crippen LogP contribution in [0.4, 0.5) is 0 Å². The maximum Gasteiger partial charge on any atom is 0.0847 e. The number of ether oxygens (including phenoxy) is 1. The van der Waals surface area contributed by atoms with Crippen molar-refractivity contribution in [2.24, 2.45) is 23.7 Å². The SMILES string of the molecule is C=CC1CCC2OC2C1.CC[SiH](CC)CC.CC[Si](CC)(CC)CCC1CCC2CC2C1. The van der Waals surface area contributed by atoms with Crippen molar-refractivity contribution in [3.63, 3.8) is 0 Å². The summed E-state index contributed by atoms with van der Waals surface area (Å²) >= 11 is 0. The van der Waals surface area contributed by atoms with Crippen molar-refractivity contribution in [1.82, 2.24) is 0 Å². The Bertz CT molecular complexity index is 500. The van der Waals surface area contributed by atoms with Gasteiger partial charge in [-0.2, -0.15) is 0 Å². The number of allylic oxidation sites excluding steroid dienone is 1. The van der Waals surface area contributed by atoms with Gasteiger partial charge in [-0.05, 0) is 62.2 Å². The lowest BCUT2D eigenvalue weighted by molar-refractivity contribution is 0.333. The second-order valence-electron chi connectivity index (χ2n) is 11.6. The smallest absolute Gasteiger partial charge is 0.0847 e. The molecular formula is C29H58OSi2. The molecule has 6 unspecified atom stereocenters. The normalized spacial score (nSPS) is 32.5. The van der Waals surface area contributed by atoms with Crippen molar-refractivity contribution >= 4 is 16.9 Å². The van der Waals surface area contributed by atoms with E-state index in [0.29, 0.717) is 12.2 Å². The summed E-state index contributed by atoms with van der Waals surface area (Å²) in [4.78, 5) is 0. The van der Waals surface area contributed by atoms with E-state index >= 15 is 0 Å². The molecule has 0 aromatic heterocycles. The highest BCUT2D eigenvalue weighted by molar-refractivity contribution is 6.79. The lowest BCUT2D eigenvalue weighted by Crippen LogP contribution is -2.31. The summed E-state index contributed by atoms with van der Waals surface area (Å²) in [6.45, 7) is 18.1. The van der Waals surface area contributed by atoms with E-state index in [1.54, 1.807) is 38.1 Å². The minimum atomic E-state index is -0.810. The van der Waals surface area contributed by atoms with Crippen LogP contribution in [0.2, 0.25) is 42.3 Å². The van der Waals surface area contributed by atoms with Gasteiger partial charge in [0.2, 0.25) is 0 Å². The maximum atomic E-state index is 5.36. The first kappa shape index (κ1) is 28.4. The van der Waals surface area contributed by atoms with Crippen LogP contribution in [0.3, 0.4) is 0 Å². The first-order valence-electron chi connectivity index (χ1n) is 14.8. The number of hydrogen-bond acceptors (Lipinski definition) is 1. The minimum absolute atomic E-state index is 0.171. The second kappa shape index (κ2) is 14.5. The van der Waals surface area contributed by atoms with E-state index in [9.17, 15) is 0 Å². The van der Waals surface area contributed by atoms with E-state index < -0.39 is 8.07 Å². The molecular weight excluding hydrogens is 420 g/mol. The average molecular weight is 479 g/mol. The number of fused-ring (bicyclic) bond motifs is 2. The molecule has 4 aliphatic rings. The fraction of sp³-hybridized carbons (Fsp3) is 0.931.